The van der Waals surface area contributed by atoms with Crippen LogP contribution in [-0.4, -0.2) is 24.0 Å². The lowest BCUT2D eigenvalue weighted by molar-refractivity contribution is -0.123. The SMILES string of the molecule is CCC(C)NC(=O)C(C)NC(C)Cc1ccc(C)s1. The van der Waals surface area contributed by atoms with Crippen molar-refractivity contribution in [3.63, 3.8) is 0 Å². The molecule has 0 aliphatic carbocycles. The average molecular weight is 282 g/mol. The zero-order valence-corrected chi connectivity index (χ0v) is 13.4. The highest BCUT2D eigenvalue weighted by molar-refractivity contribution is 7.11. The van der Waals surface area contributed by atoms with Crippen LogP contribution in [0.3, 0.4) is 0 Å². The molecule has 3 atom stereocenters. The van der Waals surface area contributed by atoms with Crippen LogP contribution in [0.5, 0.6) is 0 Å². The van der Waals surface area contributed by atoms with Crippen LogP contribution in [0, 0.1) is 6.92 Å². The molecule has 3 nitrogen and oxygen atoms in total. The van der Waals surface area contributed by atoms with E-state index in [-0.39, 0.29) is 18.0 Å². The van der Waals surface area contributed by atoms with Crippen molar-refractivity contribution in [3.8, 4) is 0 Å². The summed E-state index contributed by atoms with van der Waals surface area (Å²) in [7, 11) is 0. The first-order valence-electron chi connectivity index (χ1n) is 7.04. The maximum atomic E-state index is 11.9. The van der Waals surface area contributed by atoms with Gasteiger partial charge in [-0.3, -0.25) is 4.79 Å². The molecule has 108 valence electrons. The largest absolute Gasteiger partial charge is 0.352 e. The molecule has 19 heavy (non-hydrogen) atoms. The van der Waals surface area contributed by atoms with Gasteiger partial charge in [0.1, 0.15) is 0 Å². The van der Waals surface area contributed by atoms with Crippen molar-refractivity contribution in [2.75, 3.05) is 0 Å². The molecular weight excluding hydrogens is 256 g/mol. The van der Waals surface area contributed by atoms with Gasteiger partial charge < -0.3 is 10.6 Å². The molecule has 0 saturated heterocycles. The van der Waals surface area contributed by atoms with E-state index in [4.69, 9.17) is 0 Å². The molecule has 0 radical (unpaired) electrons. The number of hydrogen-bond donors (Lipinski definition) is 2. The summed E-state index contributed by atoms with van der Waals surface area (Å²) in [6.45, 7) is 10.3. The highest BCUT2D eigenvalue weighted by Gasteiger charge is 2.16. The van der Waals surface area contributed by atoms with Crippen molar-refractivity contribution < 1.29 is 4.79 Å². The molecule has 0 bridgehead atoms. The van der Waals surface area contributed by atoms with Crippen molar-refractivity contribution in [2.24, 2.45) is 0 Å². The Bertz CT molecular complexity index is 403. The van der Waals surface area contributed by atoms with Gasteiger partial charge in [0.2, 0.25) is 5.91 Å². The van der Waals surface area contributed by atoms with E-state index in [0.29, 0.717) is 6.04 Å². The van der Waals surface area contributed by atoms with Gasteiger partial charge in [-0.2, -0.15) is 0 Å². The van der Waals surface area contributed by atoms with E-state index < -0.39 is 0 Å². The van der Waals surface area contributed by atoms with E-state index in [1.807, 2.05) is 25.2 Å². The van der Waals surface area contributed by atoms with E-state index in [1.54, 1.807) is 0 Å². The molecule has 0 aliphatic heterocycles. The standard InChI is InChI=1S/C15H26N2OS/c1-6-10(2)17-15(18)13(5)16-11(3)9-14-8-7-12(4)19-14/h7-8,10-11,13,16H,6,9H2,1-5H3,(H,17,18). The van der Waals surface area contributed by atoms with Crippen molar-refractivity contribution in [3.05, 3.63) is 21.9 Å². The fourth-order valence-electron chi connectivity index (χ4n) is 1.93. The molecule has 0 aromatic carbocycles. The number of thiophene rings is 1. The lowest BCUT2D eigenvalue weighted by Crippen LogP contribution is -2.48. The van der Waals surface area contributed by atoms with Gasteiger partial charge in [0, 0.05) is 21.8 Å². The topological polar surface area (TPSA) is 41.1 Å². The first-order valence-corrected chi connectivity index (χ1v) is 7.85. The number of aryl methyl sites for hydroxylation is 1. The van der Waals surface area contributed by atoms with Gasteiger partial charge in [-0.05, 0) is 52.7 Å². The fraction of sp³-hybridized carbons (Fsp3) is 0.667. The molecule has 2 N–H and O–H groups in total. The van der Waals surface area contributed by atoms with Crippen molar-refractivity contribution >= 4 is 17.2 Å². The molecule has 1 aromatic rings. The van der Waals surface area contributed by atoms with Crippen molar-refractivity contribution in [1.29, 1.82) is 0 Å². The van der Waals surface area contributed by atoms with Crippen molar-refractivity contribution in [1.82, 2.24) is 10.6 Å². The Balaban J connectivity index is 2.38. The number of carbonyl (C=O) groups excluding carboxylic acids is 1. The average Bonchev–Trinajstić information content (AvgIpc) is 2.74. The number of nitrogens with one attached hydrogen (secondary N) is 2. The number of hydrogen-bond acceptors (Lipinski definition) is 3. The minimum absolute atomic E-state index is 0.0866. The molecule has 1 heterocycles. The lowest BCUT2D eigenvalue weighted by atomic mass is 10.1. The number of carbonyl (C=O) groups is 1. The molecule has 3 unspecified atom stereocenters. The Morgan fingerprint density at radius 1 is 1.26 bits per heavy atom. The lowest BCUT2D eigenvalue weighted by Gasteiger charge is -2.21. The Labute approximate surface area is 120 Å². The Hall–Kier alpha value is -0.870. The van der Waals surface area contributed by atoms with Crippen LogP contribution in [-0.2, 0) is 11.2 Å². The Morgan fingerprint density at radius 2 is 1.95 bits per heavy atom. The van der Waals surface area contributed by atoms with Crippen LogP contribution in [0.15, 0.2) is 12.1 Å². The summed E-state index contributed by atoms with van der Waals surface area (Å²) in [5, 5.41) is 6.37. The van der Waals surface area contributed by atoms with E-state index in [2.05, 4.69) is 43.5 Å². The molecule has 4 heteroatoms. The van der Waals surface area contributed by atoms with Gasteiger partial charge >= 0.3 is 0 Å². The third-order valence-electron chi connectivity index (χ3n) is 3.23. The zero-order chi connectivity index (χ0) is 14.4. The quantitative estimate of drug-likeness (QED) is 0.807. The second-order valence-corrected chi connectivity index (χ2v) is 6.70. The van der Waals surface area contributed by atoms with Crippen LogP contribution < -0.4 is 10.6 Å². The minimum atomic E-state index is -0.148. The predicted octanol–water partition coefficient (Wildman–Crippen LogP) is 2.88. The molecule has 1 aromatic heterocycles. The monoisotopic (exact) mass is 282 g/mol. The van der Waals surface area contributed by atoms with Gasteiger partial charge in [0.15, 0.2) is 0 Å². The second kappa shape index (κ2) is 7.65. The summed E-state index contributed by atoms with van der Waals surface area (Å²) >= 11 is 1.83. The number of rotatable bonds is 7. The maximum Gasteiger partial charge on any atom is 0.237 e. The fourth-order valence-corrected chi connectivity index (χ4v) is 2.95. The highest BCUT2D eigenvalue weighted by atomic mass is 32.1. The first kappa shape index (κ1) is 16.2. The zero-order valence-electron chi connectivity index (χ0n) is 12.6. The third-order valence-corrected chi connectivity index (χ3v) is 4.26. The summed E-state index contributed by atoms with van der Waals surface area (Å²) < 4.78 is 0. The van der Waals surface area contributed by atoms with Gasteiger partial charge in [0.25, 0.3) is 0 Å². The molecule has 0 spiro atoms. The van der Waals surface area contributed by atoms with Gasteiger partial charge in [-0.15, -0.1) is 11.3 Å². The molecule has 0 aliphatic rings. The van der Waals surface area contributed by atoms with E-state index in [1.165, 1.54) is 9.75 Å². The Morgan fingerprint density at radius 3 is 2.47 bits per heavy atom. The maximum absolute atomic E-state index is 11.9. The van der Waals surface area contributed by atoms with Crippen LogP contribution in [0.1, 0.15) is 43.9 Å². The normalized spacial score (nSPS) is 15.8. The summed E-state index contributed by atoms with van der Waals surface area (Å²) in [6, 6.07) is 4.71. The minimum Gasteiger partial charge on any atom is -0.352 e. The van der Waals surface area contributed by atoms with Crippen LogP contribution >= 0.6 is 11.3 Å². The first-order chi connectivity index (χ1) is 8.92. The highest BCUT2D eigenvalue weighted by Crippen LogP contribution is 2.16. The molecule has 0 fully saturated rings. The molecule has 1 amide bonds. The van der Waals surface area contributed by atoms with Gasteiger partial charge in [-0.25, -0.2) is 0 Å². The molecular formula is C15H26N2OS. The van der Waals surface area contributed by atoms with Crippen LogP contribution in [0.25, 0.3) is 0 Å². The smallest absolute Gasteiger partial charge is 0.237 e. The number of amides is 1. The second-order valence-electron chi connectivity index (χ2n) is 5.32. The summed E-state index contributed by atoms with van der Waals surface area (Å²) in [4.78, 5) is 14.6. The predicted molar refractivity (Wildman–Crippen MR) is 82.7 cm³/mol. The summed E-state index contributed by atoms with van der Waals surface area (Å²) in [5.41, 5.74) is 0. The summed E-state index contributed by atoms with van der Waals surface area (Å²) in [6.07, 6.45) is 1.93. The third kappa shape index (κ3) is 5.74. The van der Waals surface area contributed by atoms with Crippen LogP contribution in [0.2, 0.25) is 0 Å². The van der Waals surface area contributed by atoms with E-state index in [9.17, 15) is 4.79 Å². The molecule has 1 rings (SSSR count). The Kier molecular flexibility index (Phi) is 6.52. The van der Waals surface area contributed by atoms with E-state index in [0.717, 1.165) is 12.8 Å². The molecule has 0 saturated carbocycles. The summed E-state index contributed by atoms with van der Waals surface area (Å²) in [5.74, 6) is 0.0866. The van der Waals surface area contributed by atoms with E-state index >= 15 is 0 Å². The van der Waals surface area contributed by atoms with Gasteiger partial charge in [0.05, 0.1) is 6.04 Å². The van der Waals surface area contributed by atoms with Crippen molar-refractivity contribution in [2.45, 2.75) is 65.6 Å². The van der Waals surface area contributed by atoms with Crippen LogP contribution in [0.4, 0.5) is 0 Å². The van der Waals surface area contributed by atoms with Gasteiger partial charge in [-0.1, -0.05) is 6.92 Å².